The maximum absolute atomic E-state index is 12.5. The van der Waals surface area contributed by atoms with Crippen LogP contribution < -0.4 is 5.73 Å². The Morgan fingerprint density at radius 2 is 2.18 bits per heavy atom. The first-order valence-corrected chi connectivity index (χ1v) is 7.99. The summed E-state index contributed by atoms with van der Waals surface area (Å²) < 4.78 is 0. The molecule has 2 atom stereocenters. The molecule has 0 radical (unpaired) electrons. The third-order valence-corrected chi connectivity index (χ3v) is 5.02. The molecule has 0 aliphatic carbocycles. The van der Waals surface area contributed by atoms with Gasteiger partial charge in [-0.3, -0.25) is 9.69 Å². The zero-order valence-electron chi connectivity index (χ0n) is 12.2. The summed E-state index contributed by atoms with van der Waals surface area (Å²) in [5.41, 5.74) is 6.73. The fraction of sp³-hybridized carbons (Fsp3) is 0.267. The number of hydrogen-bond donors (Lipinski definition) is 1. The zero-order chi connectivity index (χ0) is 15.9. The van der Waals surface area contributed by atoms with Crippen LogP contribution in [0, 0.1) is 0 Å². The van der Waals surface area contributed by atoms with Crippen LogP contribution in [-0.4, -0.2) is 34.8 Å². The molecule has 0 saturated heterocycles. The number of benzene rings is 1. The molecule has 22 heavy (non-hydrogen) atoms. The van der Waals surface area contributed by atoms with Crippen LogP contribution in [0.1, 0.15) is 17.8 Å². The molecule has 114 valence electrons. The van der Waals surface area contributed by atoms with Crippen LogP contribution in [0.25, 0.3) is 10.4 Å². The minimum atomic E-state index is -0.393. The van der Waals surface area contributed by atoms with E-state index in [2.05, 4.69) is 9.98 Å². The van der Waals surface area contributed by atoms with Crippen LogP contribution >= 0.6 is 22.9 Å². The Bertz CT molecular complexity index is 758. The molecule has 2 N–H and O–H groups in total. The number of halogens is 1. The van der Waals surface area contributed by atoms with Crippen LogP contribution in [0.4, 0.5) is 0 Å². The molecule has 1 aromatic heterocycles. The highest BCUT2D eigenvalue weighted by atomic mass is 35.5. The summed E-state index contributed by atoms with van der Waals surface area (Å²) in [4.78, 5) is 23.5. The van der Waals surface area contributed by atoms with Gasteiger partial charge in [0.25, 0.3) is 0 Å². The highest BCUT2D eigenvalue weighted by molar-refractivity contribution is 7.15. The first-order chi connectivity index (χ1) is 10.5. The number of hydrogen-bond acceptors (Lipinski definition) is 5. The van der Waals surface area contributed by atoms with Crippen LogP contribution in [0.2, 0.25) is 5.02 Å². The van der Waals surface area contributed by atoms with Crippen molar-refractivity contribution in [3.63, 3.8) is 0 Å². The van der Waals surface area contributed by atoms with Gasteiger partial charge in [-0.1, -0.05) is 23.7 Å². The fourth-order valence-corrected chi connectivity index (χ4v) is 3.71. The predicted octanol–water partition coefficient (Wildman–Crippen LogP) is 2.72. The Hall–Kier alpha value is -1.92. The van der Waals surface area contributed by atoms with Gasteiger partial charge in [-0.25, -0.2) is 9.98 Å². The smallest absolute Gasteiger partial charge is 0.241 e. The number of amides is 1. The molecule has 0 bridgehead atoms. The number of aliphatic imine (C=N–C) groups is 1. The number of carbonyl (C=O) groups is 1. The second-order valence-electron chi connectivity index (χ2n) is 5.18. The van der Waals surface area contributed by atoms with E-state index in [1.807, 2.05) is 31.2 Å². The van der Waals surface area contributed by atoms with E-state index in [9.17, 15) is 4.79 Å². The Balaban J connectivity index is 1.96. The standard InChI is InChI=1S/C15H15ClN4OS/c1-8-12(14(21)20(2)15(17)19-8)13-18-7-11(22-13)9-4-3-5-10(16)6-9/h3-8,12H,1-2H3,(H2,17,19)/t8-,12?/m0/s1. The highest BCUT2D eigenvalue weighted by Gasteiger charge is 2.36. The molecule has 2 heterocycles. The van der Waals surface area contributed by atoms with Crippen molar-refractivity contribution < 1.29 is 4.79 Å². The number of guanidine groups is 1. The van der Waals surface area contributed by atoms with Crippen molar-refractivity contribution in [2.45, 2.75) is 18.9 Å². The summed E-state index contributed by atoms with van der Waals surface area (Å²) in [5.74, 6) is -0.220. The lowest BCUT2D eigenvalue weighted by atomic mass is 9.99. The molecule has 0 fully saturated rings. The van der Waals surface area contributed by atoms with E-state index in [4.69, 9.17) is 17.3 Å². The van der Waals surface area contributed by atoms with Gasteiger partial charge in [-0.15, -0.1) is 11.3 Å². The molecule has 1 amide bonds. The monoisotopic (exact) mass is 334 g/mol. The topological polar surface area (TPSA) is 71.6 Å². The molecule has 7 heteroatoms. The third kappa shape index (κ3) is 2.60. The fourth-order valence-electron chi connectivity index (χ4n) is 2.42. The number of thiazole rings is 1. The summed E-state index contributed by atoms with van der Waals surface area (Å²) in [5, 5.41) is 1.42. The van der Waals surface area contributed by atoms with E-state index in [-0.39, 0.29) is 17.9 Å². The second-order valence-corrected chi connectivity index (χ2v) is 6.67. The molecule has 0 spiro atoms. The van der Waals surface area contributed by atoms with Gasteiger partial charge < -0.3 is 5.73 Å². The van der Waals surface area contributed by atoms with Gasteiger partial charge in [0.2, 0.25) is 5.91 Å². The van der Waals surface area contributed by atoms with Crippen molar-refractivity contribution >= 4 is 34.8 Å². The van der Waals surface area contributed by atoms with Gasteiger partial charge in [0.15, 0.2) is 5.96 Å². The number of nitrogens with two attached hydrogens (primary N) is 1. The second kappa shape index (κ2) is 5.70. The van der Waals surface area contributed by atoms with E-state index in [1.54, 1.807) is 13.2 Å². The van der Waals surface area contributed by atoms with Crippen LogP contribution in [-0.2, 0) is 4.79 Å². The average Bonchev–Trinajstić information content (AvgIpc) is 2.94. The highest BCUT2D eigenvalue weighted by Crippen LogP contribution is 2.35. The van der Waals surface area contributed by atoms with Gasteiger partial charge in [0, 0.05) is 18.3 Å². The van der Waals surface area contributed by atoms with Gasteiger partial charge >= 0.3 is 0 Å². The number of carbonyl (C=O) groups excluding carboxylic acids is 1. The van der Waals surface area contributed by atoms with Crippen molar-refractivity contribution in [3.05, 3.63) is 40.5 Å². The summed E-state index contributed by atoms with van der Waals surface area (Å²) >= 11 is 7.51. The first kappa shape index (κ1) is 15.0. The maximum atomic E-state index is 12.5. The summed E-state index contributed by atoms with van der Waals surface area (Å²) in [6.07, 6.45) is 1.77. The maximum Gasteiger partial charge on any atom is 0.241 e. The van der Waals surface area contributed by atoms with Gasteiger partial charge in [0.1, 0.15) is 10.9 Å². The lowest BCUT2D eigenvalue weighted by molar-refractivity contribution is -0.129. The quantitative estimate of drug-likeness (QED) is 0.917. The molecular weight excluding hydrogens is 320 g/mol. The molecule has 5 nitrogen and oxygen atoms in total. The van der Waals surface area contributed by atoms with Crippen molar-refractivity contribution in [3.8, 4) is 10.4 Å². The molecule has 1 aliphatic rings. The van der Waals surface area contributed by atoms with E-state index in [0.717, 1.165) is 15.4 Å². The Labute approximate surface area is 137 Å². The van der Waals surface area contributed by atoms with E-state index in [1.165, 1.54) is 16.2 Å². The van der Waals surface area contributed by atoms with Gasteiger partial charge in [-0.05, 0) is 24.6 Å². The molecule has 0 saturated carbocycles. The van der Waals surface area contributed by atoms with Crippen LogP contribution in [0.3, 0.4) is 0 Å². The lowest BCUT2D eigenvalue weighted by Gasteiger charge is -2.29. The Kier molecular flexibility index (Phi) is 3.88. The first-order valence-electron chi connectivity index (χ1n) is 6.80. The number of aromatic nitrogens is 1. The van der Waals surface area contributed by atoms with Crippen molar-refractivity contribution in [1.82, 2.24) is 9.88 Å². The van der Waals surface area contributed by atoms with E-state index in [0.29, 0.717) is 5.02 Å². The average molecular weight is 335 g/mol. The molecule has 1 unspecified atom stereocenters. The predicted molar refractivity (Wildman–Crippen MR) is 89.2 cm³/mol. The molecule has 1 aliphatic heterocycles. The summed E-state index contributed by atoms with van der Waals surface area (Å²) in [6, 6.07) is 7.35. The largest absolute Gasteiger partial charge is 0.369 e. The zero-order valence-corrected chi connectivity index (χ0v) is 13.7. The summed E-state index contributed by atoms with van der Waals surface area (Å²) in [7, 11) is 1.63. The molecular formula is C15H15ClN4OS. The van der Waals surface area contributed by atoms with Gasteiger partial charge in [-0.2, -0.15) is 0 Å². The van der Waals surface area contributed by atoms with Crippen molar-refractivity contribution in [2.75, 3.05) is 7.05 Å². The van der Waals surface area contributed by atoms with Crippen LogP contribution in [0.15, 0.2) is 35.5 Å². The number of likely N-dealkylation sites (N-methyl/N-ethyl adjacent to an activating group) is 1. The van der Waals surface area contributed by atoms with Crippen molar-refractivity contribution in [1.29, 1.82) is 0 Å². The minimum absolute atomic E-state index is 0.0769. The Morgan fingerprint density at radius 3 is 2.91 bits per heavy atom. The normalized spacial score (nSPS) is 21.9. The number of nitrogens with zero attached hydrogens (tertiary/aromatic N) is 3. The Morgan fingerprint density at radius 1 is 1.41 bits per heavy atom. The summed E-state index contributed by atoms with van der Waals surface area (Å²) in [6.45, 7) is 1.88. The molecule has 3 rings (SSSR count). The van der Waals surface area contributed by atoms with Crippen molar-refractivity contribution in [2.24, 2.45) is 10.7 Å². The minimum Gasteiger partial charge on any atom is -0.369 e. The molecule has 2 aromatic rings. The van der Waals surface area contributed by atoms with Crippen LogP contribution in [0.5, 0.6) is 0 Å². The third-order valence-electron chi connectivity index (χ3n) is 3.66. The van der Waals surface area contributed by atoms with E-state index >= 15 is 0 Å². The molecule has 1 aromatic carbocycles. The SMILES string of the molecule is C[C@@H]1N=C(N)N(C)C(=O)C1c1ncc(-c2cccc(Cl)c2)s1. The number of rotatable bonds is 2. The van der Waals surface area contributed by atoms with E-state index < -0.39 is 5.92 Å². The van der Waals surface area contributed by atoms with Gasteiger partial charge in [0.05, 0.1) is 10.9 Å². The lowest BCUT2D eigenvalue weighted by Crippen LogP contribution is -2.48.